The van der Waals surface area contributed by atoms with E-state index in [0.717, 1.165) is 6.26 Å². The molecular weight excluding hydrogens is 536 g/mol. The fourth-order valence-corrected chi connectivity index (χ4v) is 4.19. The van der Waals surface area contributed by atoms with Crippen molar-refractivity contribution in [2.45, 2.75) is 19.9 Å². The molecule has 0 saturated heterocycles. The number of aromatic carboxylic acids is 1. The van der Waals surface area contributed by atoms with Gasteiger partial charge in [-0.3, -0.25) is 19.2 Å². The normalized spacial score (nSPS) is 12.0. The van der Waals surface area contributed by atoms with Gasteiger partial charge in [-0.25, -0.2) is 4.79 Å². The molecule has 0 saturated carbocycles. The number of rotatable bonds is 11. The standard InChI is InChI=1S/C28H30N4O7S/c1-16(2)24(15-39-40(3,37)38)32-26(33)18-10-13-21(23(14-18)28(35)36)20-6-4-5-7-22(20)27(34)31-19-11-8-17(9-12-19)25(29)30/h4-14,16,24H,15H2,1-3H3,(H3,29,30)(H,31,34)(H,32,33)(H,35,36). The molecule has 3 aromatic carbocycles. The third-order valence-corrected chi connectivity index (χ3v) is 6.57. The highest BCUT2D eigenvalue weighted by Gasteiger charge is 2.23. The van der Waals surface area contributed by atoms with Gasteiger partial charge in [0.2, 0.25) is 0 Å². The number of carboxylic acid groups (broad SMARTS) is 1. The van der Waals surface area contributed by atoms with Crippen LogP contribution < -0.4 is 16.4 Å². The van der Waals surface area contributed by atoms with Crippen molar-refractivity contribution in [3.05, 3.63) is 89.0 Å². The first-order chi connectivity index (χ1) is 18.8. The minimum absolute atomic E-state index is 0.0404. The van der Waals surface area contributed by atoms with Crippen molar-refractivity contribution in [1.29, 1.82) is 5.41 Å². The maximum absolute atomic E-state index is 13.2. The number of anilines is 1. The topological polar surface area (TPSA) is 189 Å². The Kier molecular flexibility index (Phi) is 9.40. The molecule has 0 aliphatic heterocycles. The highest BCUT2D eigenvalue weighted by atomic mass is 32.2. The molecule has 12 heteroatoms. The number of nitrogen functional groups attached to an aromatic ring is 1. The Hall–Kier alpha value is -4.55. The van der Waals surface area contributed by atoms with Gasteiger partial charge in [-0.05, 0) is 59.5 Å². The number of hydrogen-bond acceptors (Lipinski definition) is 7. The lowest BCUT2D eigenvalue weighted by Gasteiger charge is -2.22. The molecule has 1 unspecified atom stereocenters. The Morgan fingerprint density at radius 1 is 0.925 bits per heavy atom. The molecular formula is C28H30N4O7S. The third kappa shape index (κ3) is 7.74. The fourth-order valence-electron chi connectivity index (χ4n) is 3.79. The van der Waals surface area contributed by atoms with Crippen molar-refractivity contribution < 1.29 is 32.1 Å². The van der Waals surface area contributed by atoms with Gasteiger partial charge >= 0.3 is 5.97 Å². The van der Waals surface area contributed by atoms with E-state index in [2.05, 4.69) is 10.6 Å². The van der Waals surface area contributed by atoms with E-state index in [-0.39, 0.29) is 40.6 Å². The van der Waals surface area contributed by atoms with E-state index in [1.54, 1.807) is 62.4 Å². The molecule has 0 heterocycles. The van der Waals surface area contributed by atoms with E-state index in [1.807, 2.05) is 0 Å². The van der Waals surface area contributed by atoms with Crippen LogP contribution in [0.1, 0.15) is 50.5 Å². The average Bonchev–Trinajstić information content (AvgIpc) is 2.90. The number of amides is 2. The van der Waals surface area contributed by atoms with Gasteiger partial charge in [-0.15, -0.1) is 0 Å². The molecule has 0 aromatic heterocycles. The van der Waals surface area contributed by atoms with Crippen molar-refractivity contribution in [3.8, 4) is 11.1 Å². The van der Waals surface area contributed by atoms with Crippen molar-refractivity contribution in [3.63, 3.8) is 0 Å². The van der Waals surface area contributed by atoms with Crippen molar-refractivity contribution in [1.82, 2.24) is 5.32 Å². The Labute approximate surface area is 232 Å². The van der Waals surface area contributed by atoms with Crippen LogP contribution in [0.4, 0.5) is 5.69 Å². The number of hydrogen-bond donors (Lipinski definition) is 5. The lowest BCUT2D eigenvalue weighted by molar-refractivity contribution is 0.0697. The fraction of sp³-hybridized carbons (Fsp3) is 0.214. The van der Waals surface area contributed by atoms with Gasteiger partial charge in [0.25, 0.3) is 21.9 Å². The molecule has 210 valence electrons. The number of carbonyl (C=O) groups excluding carboxylic acids is 2. The molecule has 0 bridgehead atoms. The molecule has 40 heavy (non-hydrogen) atoms. The van der Waals surface area contributed by atoms with Crippen LogP contribution in [-0.4, -0.2) is 56.0 Å². The van der Waals surface area contributed by atoms with Crippen LogP contribution in [0.2, 0.25) is 0 Å². The SMILES string of the molecule is CC(C)C(COS(C)(=O)=O)NC(=O)c1ccc(-c2ccccc2C(=O)Nc2ccc(C(=N)N)cc2)c(C(=O)O)c1. The quantitative estimate of drug-likeness (QED) is 0.133. The second-order valence-electron chi connectivity index (χ2n) is 9.37. The van der Waals surface area contributed by atoms with Crippen LogP contribution in [0.25, 0.3) is 11.1 Å². The summed E-state index contributed by atoms with van der Waals surface area (Å²) in [7, 11) is -3.72. The first-order valence-electron chi connectivity index (χ1n) is 12.1. The zero-order chi connectivity index (χ0) is 29.6. The summed E-state index contributed by atoms with van der Waals surface area (Å²) in [6, 6.07) is 16.3. The van der Waals surface area contributed by atoms with Gasteiger partial charge in [0.1, 0.15) is 5.84 Å². The van der Waals surface area contributed by atoms with Gasteiger partial charge in [0.05, 0.1) is 24.5 Å². The summed E-state index contributed by atoms with van der Waals surface area (Å²) in [5.74, 6) is -2.68. The molecule has 0 aliphatic carbocycles. The summed E-state index contributed by atoms with van der Waals surface area (Å²) in [6.45, 7) is 3.29. The summed E-state index contributed by atoms with van der Waals surface area (Å²) in [6.07, 6.45) is 0.909. The molecule has 0 spiro atoms. The summed E-state index contributed by atoms with van der Waals surface area (Å²) < 4.78 is 27.6. The van der Waals surface area contributed by atoms with Gasteiger partial charge < -0.3 is 21.5 Å². The molecule has 0 fully saturated rings. The van der Waals surface area contributed by atoms with E-state index < -0.39 is 33.9 Å². The number of nitrogens with one attached hydrogen (secondary N) is 3. The van der Waals surface area contributed by atoms with Crippen LogP contribution in [0.15, 0.2) is 66.7 Å². The number of amidine groups is 1. The van der Waals surface area contributed by atoms with Gasteiger partial charge in [-0.1, -0.05) is 38.1 Å². The van der Waals surface area contributed by atoms with E-state index in [9.17, 15) is 27.9 Å². The Morgan fingerprint density at radius 2 is 1.52 bits per heavy atom. The second-order valence-corrected chi connectivity index (χ2v) is 11.0. The van der Waals surface area contributed by atoms with Crippen molar-refractivity contribution in [2.24, 2.45) is 11.7 Å². The summed E-state index contributed by atoms with van der Waals surface area (Å²) in [5.41, 5.74) is 7.03. The zero-order valence-corrected chi connectivity index (χ0v) is 22.9. The molecule has 2 amide bonds. The maximum Gasteiger partial charge on any atom is 0.336 e. The smallest absolute Gasteiger partial charge is 0.336 e. The first-order valence-corrected chi connectivity index (χ1v) is 14.0. The van der Waals surface area contributed by atoms with Crippen LogP contribution >= 0.6 is 0 Å². The summed E-state index contributed by atoms with van der Waals surface area (Å²) >= 11 is 0. The molecule has 11 nitrogen and oxygen atoms in total. The molecule has 0 radical (unpaired) electrons. The average molecular weight is 567 g/mol. The van der Waals surface area contributed by atoms with Crippen molar-refractivity contribution >= 4 is 39.4 Å². The minimum atomic E-state index is -3.72. The lowest BCUT2D eigenvalue weighted by Crippen LogP contribution is -2.42. The second kappa shape index (κ2) is 12.5. The number of nitrogens with two attached hydrogens (primary N) is 1. The van der Waals surface area contributed by atoms with E-state index >= 15 is 0 Å². The molecule has 0 aliphatic rings. The largest absolute Gasteiger partial charge is 0.478 e. The predicted octanol–water partition coefficient (Wildman–Crippen LogP) is 3.32. The van der Waals surface area contributed by atoms with Gasteiger partial charge in [0, 0.05) is 22.4 Å². The zero-order valence-electron chi connectivity index (χ0n) is 22.1. The van der Waals surface area contributed by atoms with Crippen LogP contribution in [0.3, 0.4) is 0 Å². The lowest BCUT2D eigenvalue weighted by atomic mass is 9.93. The van der Waals surface area contributed by atoms with Crippen LogP contribution in [0.5, 0.6) is 0 Å². The Bertz CT molecular complexity index is 1550. The molecule has 3 rings (SSSR count). The highest BCUT2D eigenvalue weighted by Crippen LogP contribution is 2.29. The Morgan fingerprint density at radius 3 is 2.10 bits per heavy atom. The molecule has 6 N–H and O–H groups in total. The summed E-state index contributed by atoms with van der Waals surface area (Å²) in [5, 5.41) is 22.9. The maximum atomic E-state index is 13.2. The molecule has 1 atom stereocenters. The molecule has 3 aromatic rings. The predicted molar refractivity (Wildman–Crippen MR) is 151 cm³/mol. The summed E-state index contributed by atoms with van der Waals surface area (Å²) in [4.78, 5) is 38.3. The van der Waals surface area contributed by atoms with E-state index in [4.69, 9.17) is 15.3 Å². The van der Waals surface area contributed by atoms with Gasteiger partial charge in [0.15, 0.2) is 0 Å². The van der Waals surface area contributed by atoms with Crippen LogP contribution in [-0.2, 0) is 14.3 Å². The highest BCUT2D eigenvalue weighted by molar-refractivity contribution is 7.85. The first kappa shape index (κ1) is 30.0. The van der Waals surface area contributed by atoms with Crippen molar-refractivity contribution in [2.75, 3.05) is 18.2 Å². The monoisotopic (exact) mass is 566 g/mol. The minimum Gasteiger partial charge on any atom is -0.478 e. The Balaban J connectivity index is 1.91. The number of carboxylic acids is 1. The van der Waals surface area contributed by atoms with Crippen LogP contribution in [0, 0.1) is 11.3 Å². The number of benzene rings is 3. The number of carbonyl (C=O) groups is 3. The van der Waals surface area contributed by atoms with E-state index in [1.165, 1.54) is 18.2 Å². The van der Waals surface area contributed by atoms with E-state index in [0.29, 0.717) is 16.8 Å². The van der Waals surface area contributed by atoms with Gasteiger partial charge in [-0.2, -0.15) is 8.42 Å². The third-order valence-electron chi connectivity index (χ3n) is 6.01.